The molecule has 1 unspecified atom stereocenters. The Morgan fingerprint density at radius 3 is 2.62 bits per heavy atom. The lowest BCUT2D eigenvalue weighted by Gasteiger charge is -2.28. The van der Waals surface area contributed by atoms with Crippen LogP contribution in [0, 0.1) is 17.2 Å². The van der Waals surface area contributed by atoms with E-state index >= 15 is 0 Å². The number of carboxylic acids is 1. The number of oxazole rings is 1. The summed E-state index contributed by atoms with van der Waals surface area (Å²) in [6.45, 7) is 4.37. The molecule has 2 heterocycles. The summed E-state index contributed by atoms with van der Waals surface area (Å²) in [5, 5.41) is 9.58. The minimum atomic E-state index is -0.890. The maximum absolute atomic E-state index is 13.0. The van der Waals surface area contributed by atoms with Gasteiger partial charge in [0.1, 0.15) is 12.1 Å². The molecule has 1 atom stereocenters. The van der Waals surface area contributed by atoms with Gasteiger partial charge in [-0.2, -0.15) is 0 Å². The molecule has 1 aliphatic rings. The maximum Gasteiger partial charge on any atom is 0.311 e. The van der Waals surface area contributed by atoms with Crippen LogP contribution in [-0.4, -0.2) is 40.0 Å². The summed E-state index contributed by atoms with van der Waals surface area (Å²) in [5.74, 6) is -1.13. The molecule has 138 valence electrons. The zero-order chi connectivity index (χ0) is 18.9. The molecule has 7 heteroatoms. The molecule has 0 saturated carbocycles. The number of halogens is 1. The zero-order valence-corrected chi connectivity index (χ0v) is 14.7. The van der Waals surface area contributed by atoms with Crippen LogP contribution in [0.4, 0.5) is 4.39 Å². The van der Waals surface area contributed by atoms with Gasteiger partial charge in [-0.1, -0.05) is 13.8 Å². The van der Waals surface area contributed by atoms with E-state index in [1.165, 1.54) is 18.4 Å². The number of benzene rings is 1. The van der Waals surface area contributed by atoms with Crippen LogP contribution in [0.15, 0.2) is 34.9 Å². The number of aliphatic carboxylic acids is 1. The first-order valence-electron chi connectivity index (χ1n) is 8.53. The number of amides is 1. The SMILES string of the molecule is CC(C)C1(C(=O)O)CCN(C(=O)Cc2coc(-c3ccc(F)cc3)n2)C1. The van der Waals surface area contributed by atoms with E-state index < -0.39 is 11.4 Å². The number of aromatic nitrogens is 1. The molecular formula is C19H21FN2O4. The monoisotopic (exact) mass is 360 g/mol. The summed E-state index contributed by atoms with van der Waals surface area (Å²) >= 11 is 0. The third kappa shape index (κ3) is 3.34. The number of likely N-dealkylation sites (tertiary alicyclic amines) is 1. The molecule has 0 aliphatic carbocycles. The molecule has 1 saturated heterocycles. The van der Waals surface area contributed by atoms with Crippen molar-refractivity contribution in [2.24, 2.45) is 11.3 Å². The van der Waals surface area contributed by atoms with E-state index in [0.717, 1.165) is 0 Å². The van der Waals surface area contributed by atoms with Gasteiger partial charge in [-0.05, 0) is 36.6 Å². The summed E-state index contributed by atoms with van der Waals surface area (Å²) in [7, 11) is 0. The second-order valence-corrected chi connectivity index (χ2v) is 7.01. The van der Waals surface area contributed by atoms with Gasteiger partial charge in [0.25, 0.3) is 0 Å². The van der Waals surface area contributed by atoms with Crippen LogP contribution in [0.25, 0.3) is 11.5 Å². The molecule has 1 aromatic heterocycles. The molecule has 0 bridgehead atoms. The highest BCUT2D eigenvalue weighted by Crippen LogP contribution is 2.38. The number of carbonyl (C=O) groups excluding carboxylic acids is 1. The molecule has 2 aromatic rings. The van der Waals surface area contributed by atoms with E-state index in [4.69, 9.17) is 4.42 Å². The number of nitrogens with zero attached hydrogens (tertiary/aromatic N) is 2. The number of hydrogen-bond donors (Lipinski definition) is 1. The Bertz CT molecular complexity index is 815. The minimum Gasteiger partial charge on any atom is -0.481 e. The van der Waals surface area contributed by atoms with Crippen LogP contribution >= 0.6 is 0 Å². The standard InChI is InChI=1S/C19H21FN2O4/c1-12(2)19(18(24)25)7-8-22(11-19)16(23)9-15-10-26-17(21-15)13-3-5-14(20)6-4-13/h3-6,10,12H,7-9,11H2,1-2H3,(H,24,25). The van der Waals surface area contributed by atoms with Gasteiger partial charge in [0.15, 0.2) is 0 Å². The van der Waals surface area contributed by atoms with Crippen LogP contribution in [0.2, 0.25) is 0 Å². The van der Waals surface area contributed by atoms with E-state index in [1.54, 1.807) is 17.0 Å². The largest absolute Gasteiger partial charge is 0.481 e. The van der Waals surface area contributed by atoms with Gasteiger partial charge >= 0.3 is 5.97 Å². The van der Waals surface area contributed by atoms with Crippen molar-refractivity contribution in [2.75, 3.05) is 13.1 Å². The molecule has 3 rings (SSSR count). The summed E-state index contributed by atoms with van der Waals surface area (Å²) in [6.07, 6.45) is 1.89. The molecule has 1 fully saturated rings. The average molecular weight is 360 g/mol. The van der Waals surface area contributed by atoms with Gasteiger partial charge in [0, 0.05) is 18.7 Å². The highest BCUT2D eigenvalue weighted by Gasteiger charge is 2.48. The lowest BCUT2D eigenvalue weighted by atomic mass is 9.76. The fourth-order valence-electron chi connectivity index (χ4n) is 3.32. The van der Waals surface area contributed by atoms with Crippen molar-refractivity contribution < 1.29 is 23.5 Å². The van der Waals surface area contributed by atoms with Gasteiger partial charge in [-0.25, -0.2) is 9.37 Å². The van der Waals surface area contributed by atoms with Crippen molar-refractivity contribution in [1.82, 2.24) is 9.88 Å². The lowest BCUT2D eigenvalue weighted by Crippen LogP contribution is -2.41. The maximum atomic E-state index is 13.0. The van der Waals surface area contributed by atoms with Crippen molar-refractivity contribution in [1.29, 1.82) is 0 Å². The molecule has 0 radical (unpaired) electrons. The predicted molar refractivity (Wildman–Crippen MR) is 91.7 cm³/mol. The van der Waals surface area contributed by atoms with E-state index in [1.807, 2.05) is 13.8 Å². The Kier molecular flexibility index (Phi) is 4.80. The fraction of sp³-hybridized carbons (Fsp3) is 0.421. The van der Waals surface area contributed by atoms with Crippen molar-refractivity contribution >= 4 is 11.9 Å². The topological polar surface area (TPSA) is 83.6 Å². The normalized spacial score (nSPS) is 19.9. The Balaban J connectivity index is 1.68. The van der Waals surface area contributed by atoms with E-state index in [-0.39, 0.29) is 30.6 Å². The minimum absolute atomic E-state index is 0.0402. The van der Waals surface area contributed by atoms with Gasteiger partial charge in [-0.3, -0.25) is 9.59 Å². The zero-order valence-electron chi connectivity index (χ0n) is 14.7. The van der Waals surface area contributed by atoms with Crippen LogP contribution in [0.1, 0.15) is 26.0 Å². The lowest BCUT2D eigenvalue weighted by molar-refractivity contribution is -0.151. The van der Waals surface area contributed by atoms with Gasteiger partial charge in [-0.15, -0.1) is 0 Å². The van der Waals surface area contributed by atoms with Gasteiger partial charge in [0.05, 0.1) is 17.5 Å². The van der Waals surface area contributed by atoms with Crippen LogP contribution in [0.3, 0.4) is 0 Å². The number of carbonyl (C=O) groups is 2. The third-order valence-corrected chi connectivity index (χ3v) is 5.16. The predicted octanol–water partition coefficient (Wildman–Crippen LogP) is 2.98. The highest BCUT2D eigenvalue weighted by atomic mass is 19.1. The first-order valence-corrected chi connectivity index (χ1v) is 8.53. The Hall–Kier alpha value is -2.70. The number of hydrogen-bond acceptors (Lipinski definition) is 4. The van der Waals surface area contributed by atoms with E-state index in [9.17, 15) is 19.1 Å². The third-order valence-electron chi connectivity index (χ3n) is 5.16. The van der Waals surface area contributed by atoms with Gasteiger partial charge < -0.3 is 14.4 Å². The van der Waals surface area contributed by atoms with Crippen LogP contribution in [0.5, 0.6) is 0 Å². The second kappa shape index (κ2) is 6.90. The van der Waals surface area contributed by atoms with Crippen molar-refractivity contribution in [2.45, 2.75) is 26.7 Å². The Labute approximate surface area is 150 Å². The molecule has 1 aliphatic heterocycles. The summed E-state index contributed by atoms with van der Waals surface area (Å²) in [6, 6.07) is 5.73. The molecule has 0 spiro atoms. The first-order chi connectivity index (χ1) is 12.3. The van der Waals surface area contributed by atoms with Crippen LogP contribution < -0.4 is 0 Å². The summed E-state index contributed by atoms with van der Waals surface area (Å²) in [4.78, 5) is 30.1. The molecule has 6 nitrogen and oxygen atoms in total. The number of carboxylic acid groups (broad SMARTS) is 1. The Morgan fingerprint density at radius 1 is 1.35 bits per heavy atom. The Morgan fingerprint density at radius 2 is 2.04 bits per heavy atom. The molecule has 1 N–H and O–H groups in total. The quantitative estimate of drug-likeness (QED) is 0.886. The van der Waals surface area contributed by atoms with E-state index in [2.05, 4.69) is 4.98 Å². The average Bonchev–Trinajstić information content (AvgIpc) is 3.23. The first kappa shape index (κ1) is 18.1. The molecule has 26 heavy (non-hydrogen) atoms. The van der Waals surface area contributed by atoms with E-state index in [0.29, 0.717) is 30.1 Å². The highest BCUT2D eigenvalue weighted by molar-refractivity contribution is 5.82. The van der Waals surface area contributed by atoms with Crippen molar-refractivity contribution in [3.05, 3.63) is 42.0 Å². The van der Waals surface area contributed by atoms with Crippen molar-refractivity contribution in [3.8, 4) is 11.5 Å². The molecule has 1 amide bonds. The van der Waals surface area contributed by atoms with Gasteiger partial charge in [0.2, 0.25) is 11.8 Å². The smallest absolute Gasteiger partial charge is 0.311 e. The van der Waals surface area contributed by atoms with Crippen molar-refractivity contribution in [3.63, 3.8) is 0 Å². The number of rotatable bonds is 5. The molecule has 1 aromatic carbocycles. The molecular weight excluding hydrogens is 339 g/mol. The summed E-state index contributed by atoms with van der Waals surface area (Å²) < 4.78 is 18.4. The summed E-state index contributed by atoms with van der Waals surface area (Å²) in [5.41, 5.74) is 0.196. The van der Waals surface area contributed by atoms with Crippen LogP contribution in [-0.2, 0) is 16.0 Å². The second-order valence-electron chi connectivity index (χ2n) is 7.01. The fourth-order valence-corrected chi connectivity index (χ4v) is 3.32.